The van der Waals surface area contributed by atoms with Gasteiger partial charge in [0, 0.05) is 6.04 Å². The van der Waals surface area contributed by atoms with Crippen molar-refractivity contribution in [2.24, 2.45) is 5.92 Å². The van der Waals surface area contributed by atoms with Gasteiger partial charge in [-0.2, -0.15) is 0 Å². The zero-order valence-electron chi connectivity index (χ0n) is 10.9. The zero-order chi connectivity index (χ0) is 11.6. The molecule has 1 saturated heterocycles. The first-order chi connectivity index (χ1) is 7.72. The van der Waals surface area contributed by atoms with Gasteiger partial charge in [0.05, 0.1) is 5.54 Å². The zero-order valence-corrected chi connectivity index (χ0v) is 11.7. The van der Waals surface area contributed by atoms with E-state index in [9.17, 15) is 4.79 Å². The minimum atomic E-state index is -0.251. The Bertz CT molecular complexity index is 264. The number of hydrogen-bond acceptors (Lipinski definition) is 2. The molecule has 1 saturated carbocycles. The maximum atomic E-state index is 12.2. The van der Waals surface area contributed by atoms with E-state index < -0.39 is 0 Å². The fourth-order valence-corrected chi connectivity index (χ4v) is 2.88. The maximum absolute atomic E-state index is 12.2. The fourth-order valence-electron chi connectivity index (χ4n) is 2.88. The summed E-state index contributed by atoms with van der Waals surface area (Å²) in [5, 5.41) is 6.61. The third kappa shape index (κ3) is 3.14. The molecule has 1 amide bonds. The minimum Gasteiger partial charge on any atom is -0.351 e. The maximum Gasteiger partial charge on any atom is 0.240 e. The van der Waals surface area contributed by atoms with Crippen molar-refractivity contribution in [3.05, 3.63) is 0 Å². The van der Waals surface area contributed by atoms with Crippen molar-refractivity contribution in [1.29, 1.82) is 0 Å². The summed E-state index contributed by atoms with van der Waals surface area (Å²) in [6, 6.07) is 0.471. The average Bonchev–Trinajstić information content (AvgIpc) is 2.84. The van der Waals surface area contributed by atoms with Gasteiger partial charge >= 0.3 is 0 Å². The molecular weight excluding hydrogens is 236 g/mol. The number of nitrogens with one attached hydrogen (secondary N) is 2. The Morgan fingerprint density at radius 1 is 1.47 bits per heavy atom. The summed E-state index contributed by atoms with van der Waals surface area (Å²) >= 11 is 0. The largest absolute Gasteiger partial charge is 0.351 e. The molecule has 0 radical (unpaired) electrons. The summed E-state index contributed by atoms with van der Waals surface area (Å²) in [5.41, 5.74) is -0.251. The van der Waals surface area contributed by atoms with Crippen molar-refractivity contribution in [1.82, 2.24) is 10.6 Å². The number of halogens is 1. The summed E-state index contributed by atoms with van der Waals surface area (Å²) in [6.45, 7) is 5.31. The molecule has 1 aliphatic carbocycles. The molecule has 0 bridgehead atoms. The summed E-state index contributed by atoms with van der Waals surface area (Å²) in [6.07, 6.45) is 6.72. The molecule has 0 aromatic rings. The normalized spacial score (nSPS) is 35.2. The lowest BCUT2D eigenvalue weighted by atomic mass is 9.93. The highest BCUT2D eigenvalue weighted by molar-refractivity contribution is 5.87. The van der Waals surface area contributed by atoms with Crippen LogP contribution in [0.3, 0.4) is 0 Å². The van der Waals surface area contributed by atoms with Crippen molar-refractivity contribution >= 4 is 18.3 Å². The lowest BCUT2D eigenvalue weighted by molar-refractivity contribution is -0.127. The number of rotatable bonds is 5. The smallest absolute Gasteiger partial charge is 0.240 e. The van der Waals surface area contributed by atoms with Crippen molar-refractivity contribution in [3.8, 4) is 0 Å². The lowest BCUT2D eigenvalue weighted by Crippen LogP contribution is -2.53. The number of amides is 1. The standard InChI is InChI=1S/C13H24N2O.ClH/c1-3-6-10-9-11(10)15-12(16)13(4-2)7-5-8-14-13;/h10-11,14H,3-9H2,1-2H3,(H,15,16);1H. The molecule has 0 spiro atoms. The number of carbonyl (C=O) groups is 1. The monoisotopic (exact) mass is 260 g/mol. The lowest BCUT2D eigenvalue weighted by Gasteiger charge is -2.26. The van der Waals surface area contributed by atoms with E-state index in [1.54, 1.807) is 0 Å². The Morgan fingerprint density at radius 3 is 2.76 bits per heavy atom. The Hall–Kier alpha value is -0.280. The third-order valence-corrected chi connectivity index (χ3v) is 4.18. The van der Waals surface area contributed by atoms with E-state index in [0.29, 0.717) is 6.04 Å². The molecule has 2 N–H and O–H groups in total. The Balaban J connectivity index is 0.00000144. The highest BCUT2D eigenvalue weighted by Gasteiger charge is 2.44. The van der Waals surface area contributed by atoms with Gasteiger partial charge in [0.15, 0.2) is 0 Å². The topological polar surface area (TPSA) is 41.1 Å². The molecule has 3 unspecified atom stereocenters. The molecule has 0 aromatic carbocycles. The van der Waals surface area contributed by atoms with E-state index in [0.717, 1.165) is 31.7 Å². The van der Waals surface area contributed by atoms with Crippen LogP contribution in [-0.2, 0) is 4.79 Å². The van der Waals surface area contributed by atoms with Crippen LogP contribution < -0.4 is 10.6 Å². The molecular formula is C13H25ClN2O. The molecule has 0 aromatic heterocycles. The molecule has 100 valence electrons. The van der Waals surface area contributed by atoms with Crippen molar-refractivity contribution in [3.63, 3.8) is 0 Å². The highest BCUT2D eigenvalue weighted by Crippen LogP contribution is 2.35. The van der Waals surface area contributed by atoms with Crippen LogP contribution in [0.4, 0.5) is 0 Å². The van der Waals surface area contributed by atoms with E-state index in [4.69, 9.17) is 0 Å². The van der Waals surface area contributed by atoms with Gasteiger partial charge in [-0.05, 0) is 44.6 Å². The van der Waals surface area contributed by atoms with Crippen LogP contribution >= 0.6 is 12.4 Å². The van der Waals surface area contributed by atoms with E-state index in [2.05, 4.69) is 24.5 Å². The summed E-state index contributed by atoms with van der Waals surface area (Å²) in [5.74, 6) is 1.00. The number of hydrogen-bond donors (Lipinski definition) is 2. The summed E-state index contributed by atoms with van der Waals surface area (Å²) in [7, 11) is 0. The van der Waals surface area contributed by atoms with E-state index in [1.165, 1.54) is 19.3 Å². The van der Waals surface area contributed by atoms with Gasteiger partial charge in [0.1, 0.15) is 0 Å². The second-order valence-electron chi connectivity index (χ2n) is 5.33. The van der Waals surface area contributed by atoms with Crippen molar-refractivity contribution in [2.45, 2.75) is 64.0 Å². The second-order valence-corrected chi connectivity index (χ2v) is 5.33. The van der Waals surface area contributed by atoms with Crippen LogP contribution in [0.1, 0.15) is 52.4 Å². The molecule has 2 aliphatic rings. The number of carbonyl (C=O) groups excluding carboxylic acids is 1. The first-order valence-corrected chi connectivity index (χ1v) is 6.78. The molecule has 2 rings (SSSR count). The van der Waals surface area contributed by atoms with E-state index in [1.807, 2.05) is 0 Å². The van der Waals surface area contributed by atoms with Crippen molar-refractivity contribution < 1.29 is 4.79 Å². The molecule has 1 heterocycles. The quantitative estimate of drug-likeness (QED) is 0.796. The van der Waals surface area contributed by atoms with Gasteiger partial charge in [-0.15, -0.1) is 12.4 Å². The summed E-state index contributed by atoms with van der Waals surface area (Å²) < 4.78 is 0. The van der Waals surface area contributed by atoms with Crippen LogP contribution in [0.25, 0.3) is 0 Å². The average molecular weight is 261 g/mol. The SMILES string of the molecule is CCCC1CC1NC(=O)C1(CC)CCCN1.Cl. The second kappa shape index (κ2) is 6.05. The molecule has 2 fully saturated rings. The first kappa shape index (κ1) is 14.8. The first-order valence-electron chi connectivity index (χ1n) is 6.78. The van der Waals surface area contributed by atoms with Crippen LogP contribution in [0.15, 0.2) is 0 Å². The molecule has 4 heteroatoms. The van der Waals surface area contributed by atoms with E-state index >= 15 is 0 Å². The van der Waals surface area contributed by atoms with Crippen LogP contribution in [0.2, 0.25) is 0 Å². The van der Waals surface area contributed by atoms with Gasteiger partial charge < -0.3 is 10.6 Å². The van der Waals surface area contributed by atoms with Gasteiger partial charge in [-0.25, -0.2) is 0 Å². The van der Waals surface area contributed by atoms with Crippen LogP contribution in [-0.4, -0.2) is 24.0 Å². The summed E-state index contributed by atoms with van der Waals surface area (Å²) in [4.78, 5) is 12.2. The molecule has 1 aliphatic heterocycles. The predicted molar refractivity (Wildman–Crippen MR) is 72.5 cm³/mol. The Kier molecular flexibility index (Phi) is 5.26. The Morgan fingerprint density at radius 2 is 2.24 bits per heavy atom. The van der Waals surface area contributed by atoms with Gasteiger partial charge in [-0.3, -0.25) is 4.79 Å². The van der Waals surface area contributed by atoms with Gasteiger partial charge in [-0.1, -0.05) is 20.3 Å². The molecule has 3 atom stereocenters. The van der Waals surface area contributed by atoms with E-state index in [-0.39, 0.29) is 23.9 Å². The van der Waals surface area contributed by atoms with Crippen molar-refractivity contribution in [2.75, 3.05) is 6.54 Å². The molecule has 3 nitrogen and oxygen atoms in total. The van der Waals surface area contributed by atoms with Gasteiger partial charge in [0.25, 0.3) is 0 Å². The Labute approximate surface area is 111 Å². The third-order valence-electron chi connectivity index (χ3n) is 4.18. The predicted octanol–water partition coefficient (Wildman–Crippen LogP) is 2.25. The van der Waals surface area contributed by atoms with Gasteiger partial charge in [0.2, 0.25) is 5.91 Å². The highest BCUT2D eigenvalue weighted by atomic mass is 35.5. The van der Waals surface area contributed by atoms with Crippen LogP contribution in [0.5, 0.6) is 0 Å². The minimum absolute atomic E-state index is 0. The fraction of sp³-hybridized carbons (Fsp3) is 0.923. The molecule has 17 heavy (non-hydrogen) atoms. The van der Waals surface area contributed by atoms with Crippen LogP contribution in [0, 0.1) is 5.92 Å².